The molecule has 0 rings (SSSR count). The van der Waals surface area contributed by atoms with Crippen LogP contribution in [0.25, 0.3) is 0 Å². The molecular weight excluding hydrogens is 460 g/mol. The lowest BCUT2D eigenvalue weighted by atomic mass is 10.2. The molecule has 0 aromatic carbocycles. The Bertz CT molecular complexity index is 391. The SMILES string of the molecule is CCOC(C)(C)C.CCOCCOC(C)(C)C.CCOCCOC(C)(C)C.COCCOC(C)(C)C. The Morgan fingerprint density at radius 3 is 0.806 bits per heavy atom. The van der Waals surface area contributed by atoms with E-state index >= 15 is 0 Å². The summed E-state index contributed by atoms with van der Waals surface area (Å²) in [6, 6.07) is 0. The smallest absolute Gasteiger partial charge is 0.0707 e. The summed E-state index contributed by atoms with van der Waals surface area (Å²) < 4.78 is 36.4. The Balaban J connectivity index is -0.000000191. The first-order valence-electron chi connectivity index (χ1n) is 13.4. The van der Waals surface area contributed by atoms with Gasteiger partial charge in [-0.15, -0.1) is 0 Å². The van der Waals surface area contributed by atoms with Crippen molar-refractivity contribution in [2.24, 2.45) is 0 Å². The fourth-order valence-corrected chi connectivity index (χ4v) is 1.97. The molecule has 36 heavy (non-hydrogen) atoms. The van der Waals surface area contributed by atoms with Crippen LogP contribution in [-0.2, 0) is 33.2 Å². The fraction of sp³-hybridized carbons (Fsp3) is 1.00. The summed E-state index contributed by atoms with van der Waals surface area (Å²) in [6.45, 7) is 37.0. The predicted octanol–water partition coefficient (Wildman–Crippen LogP) is 6.95. The van der Waals surface area contributed by atoms with Crippen molar-refractivity contribution >= 4 is 0 Å². The minimum atomic E-state index is -0.0307. The maximum absolute atomic E-state index is 5.41. The average Bonchev–Trinajstić information content (AvgIpc) is 2.67. The second-order valence-electron chi connectivity index (χ2n) is 11.8. The predicted molar refractivity (Wildman–Crippen MR) is 153 cm³/mol. The van der Waals surface area contributed by atoms with Crippen LogP contribution in [0.5, 0.6) is 0 Å². The molecule has 0 N–H and O–H groups in total. The van der Waals surface area contributed by atoms with Crippen LogP contribution in [0.4, 0.5) is 0 Å². The first-order valence-corrected chi connectivity index (χ1v) is 13.4. The van der Waals surface area contributed by atoms with Crippen LogP contribution in [0.3, 0.4) is 0 Å². The number of hydrogen-bond donors (Lipinski definition) is 0. The fourth-order valence-electron chi connectivity index (χ4n) is 1.97. The molecule has 0 bridgehead atoms. The molecule has 0 radical (unpaired) electrons. The van der Waals surface area contributed by atoms with Crippen LogP contribution in [0.1, 0.15) is 104 Å². The molecule has 0 aromatic heterocycles. The monoisotopic (exact) mass is 526 g/mol. The Morgan fingerprint density at radius 1 is 0.361 bits per heavy atom. The zero-order valence-electron chi connectivity index (χ0n) is 27.2. The second-order valence-corrected chi connectivity index (χ2v) is 11.8. The van der Waals surface area contributed by atoms with Crippen LogP contribution in [0.2, 0.25) is 0 Å². The van der Waals surface area contributed by atoms with Crippen molar-refractivity contribution in [3.8, 4) is 0 Å². The van der Waals surface area contributed by atoms with Crippen LogP contribution in [0.15, 0.2) is 0 Å². The normalized spacial score (nSPS) is 12.0. The van der Waals surface area contributed by atoms with Gasteiger partial charge in [-0.25, -0.2) is 0 Å². The van der Waals surface area contributed by atoms with Crippen molar-refractivity contribution in [3.63, 3.8) is 0 Å². The molecule has 0 unspecified atom stereocenters. The van der Waals surface area contributed by atoms with Crippen LogP contribution in [-0.4, -0.2) is 89.0 Å². The molecule has 0 saturated carbocycles. The van der Waals surface area contributed by atoms with E-state index in [2.05, 4.69) is 20.8 Å². The van der Waals surface area contributed by atoms with Gasteiger partial charge >= 0.3 is 0 Å². The van der Waals surface area contributed by atoms with Crippen molar-refractivity contribution in [2.45, 2.75) is 126 Å². The topological polar surface area (TPSA) is 64.6 Å². The molecule has 0 fully saturated rings. The summed E-state index contributed by atoms with van der Waals surface area (Å²) in [5.41, 5.74) is -0.0402. The first-order chi connectivity index (χ1) is 16.2. The molecule has 7 heteroatoms. The zero-order valence-corrected chi connectivity index (χ0v) is 27.2. The van der Waals surface area contributed by atoms with E-state index in [0.29, 0.717) is 39.6 Å². The Morgan fingerprint density at radius 2 is 0.639 bits per heavy atom. The van der Waals surface area contributed by atoms with Gasteiger partial charge in [-0.3, -0.25) is 0 Å². The van der Waals surface area contributed by atoms with Gasteiger partial charge in [0.2, 0.25) is 0 Å². The molecule has 0 aliphatic heterocycles. The van der Waals surface area contributed by atoms with Gasteiger partial charge in [0, 0.05) is 26.9 Å². The third-order valence-electron chi connectivity index (χ3n) is 3.33. The minimum absolute atomic E-state index is 0.0292. The summed E-state index contributed by atoms with van der Waals surface area (Å²) in [5.74, 6) is 0. The van der Waals surface area contributed by atoms with Gasteiger partial charge in [0.1, 0.15) is 0 Å². The quantitative estimate of drug-likeness (QED) is 0.255. The molecule has 0 spiro atoms. The maximum Gasteiger partial charge on any atom is 0.0707 e. The molecule has 7 nitrogen and oxygen atoms in total. The minimum Gasteiger partial charge on any atom is -0.382 e. The Hall–Kier alpha value is -0.280. The zero-order chi connectivity index (χ0) is 29.3. The van der Waals surface area contributed by atoms with Gasteiger partial charge in [-0.1, -0.05) is 0 Å². The highest BCUT2D eigenvalue weighted by Gasteiger charge is 2.10. The van der Waals surface area contributed by atoms with Crippen molar-refractivity contribution in [3.05, 3.63) is 0 Å². The molecule has 0 aliphatic carbocycles. The highest BCUT2D eigenvalue weighted by atomic mass is 16.5. The van der Waals surface area contributed by atoms with E-state index in [9.17, 15) is 0 Å². The third-order valence-corrected chi connectivity index (χ3v) is 3.33. The molecule has 0 aliphatic rings. The van der Waals surface area contributed by atoms with Crippen molar-refractivity contribution < 1.29 is 33.2 Å². The molecule has 0 aromatic rings. The summed E-state index contributed by atoms with van der Waals surface area (Å²) >= 11 is 0. The number of hydrogen-bond acceptors (Lipinski definition) is 7. The van der Waals surface area contributed by atoms with Gasteiger partial charge in [0.25, 0.3) is 0 Å². The second kappa shape index (κ2) is 25.0. The van der Waals surface area contributed by atoms with Gasteiger partial charge in [-0.05, 0) is 104 Å². The molecule has 224 valence electrons. The van der Waals surface area contributed by atoms with Gasteiger partial charge < -0.3 is 33.2 Å². The van der Waals surface area contributed by atoms with Crippen molar-refractivity contribution in [1.82, 2.24) is 0 Å². The summed E-state index contributed by atoms with van der Waals surface area (Å²) in [5, 5.41) is 0. The van der Waals surface area contributed by atoms with E-state index in [1.165, 1.54) is 0 Å². The van der Waals surface area contributed by atoms with E-state index in [1.54, 1.807) is 7.11 Å². The maximum atomic E-state index is 5.41. The highest BCUT2D eigenvalue weighted by molar-refractivity contribution is 4.59. The summed E-state index contributed by atoms with van der Waals surface area (Å²) in [4.78, 5) is 0. The average molecular weight is 527 g/mol. The third kappa shape index (κ3) is 64.2. The lowest BCUT2D eigenvalue weighted by Gasteiger charge is -2.19. The highest BCUT2D eigenvalue weighted by Crippen LogP contribution is 2.07. The number of methoxy groups -OCH3 is 1. The van der Waals surface area contributed by atoms with Crippen LogP contribution >= 0.6 is 0 Å². The molecule has 0 saturated heterocycles. The van der Waals surface area contributed by atoms with Crippen LogP contribution < -0.4 is 0 Å². The lowest BCUT2D eigenvalue weighted by molar-refractivity contribution is -0.0333. The largest absolute Gasteiger partial charge is 0.382 e. The van der Waals surface area contributed by atoms with Gasteiger partial charge in [0.05, 0.1) is 62.0 Å². The summed E-state index contributed by atoms with van der Waals surface area (Å²) in [6.07, 6.45) is 0. The molecule has 0 atom stereocenters. The first kappa shape index (κ1) is 42.8. The number of rotatable bonds is 12. The standard InChI is InChI=1S/2C8H18O2.C7H16O2.C6H14O/c2*1-5-9-6-7-10-8(2,3)4;1-7(2,3)9-6-5-8-4;1-5-7-6(2,3)4/h2*5-7H2,1-4H3;5-6H2,1-4H3;5H2,1-4H3. The van der Waals surface area contributed by atoms with E-state index in [0.717, 1.165) is 19.8 Å². The van der Waals surface area contributed by atoms with E-state index < -0.39 is 0 Å². The molecule has 0 heterocycles. The van der Waals surface area contributed by atoms with E-state index in [4.69, 9.17) is 33.2 Å². The van der Waals surface area contributed by atoms with Crippen molar-refractivity contribution in [1.29, 1.82) is 0 Å². The Labute approximate surface area is 226 Å². The van der Waals surface area contributed by atoms with E-state index in [1.807, 2.05) is 83.1 Å². The summed E-state index contributed by atoms with van der Waals surface area (Å²) in [7, 11) is 1.67. The van der Waals surface area contributed by atoms with E-state index in [-0.39, 0.29) is 22.4 Å². The van der Waals surface area contributed by atoms with Gasteiger partial charge in [-0.2, -0.15) is 0 Å². The van der Waals surface area contributed by atoms with Crippen LogP contribution in [0, 0.1) is 0 Å². The molecule has 0 amide bonds. The van der Waals surface area contributed by atoms with Crippen molar-refractivity contribution in [2.75, 3.05) is 66.6 Å². The Kier molecular flexibility index (Phi) is 29.7. The lowest BCUT2D eigenvalue weighted by Crippen LogP contribution is -2.21. The van der Waals surface area contributed by atoms with Gasteiger partial charge in [0.15, 0.2) is 0 Å². The molecular formula is C29H66O7. The number of ether oxygens (including phenoxy) is 7.